The molecule has 1 aliphatic heterocycles. The average Bonchev–Trinajstić information content (AvgIpc) is 2.36. The maximum Gasteiger partial charge on any atom is 0.248 e. The van der Waals surface area contributed by atoms with Gasteiger partial charge in [-0.2, -0.15) is 0 Å². The van der Waals surface area contributed by atoms with E-state index >= 15 is 0 Å². The Hall–Kier alpha value is -0.650. The van der Waals surface area contributed by atoms with Crippen LogP contribution in [0.15, 0.2) is 0 Å². The van der Waals surface area contributed by atoms with Crippen LogP contribution >= 0.6 is 0 Å². The quantitative estimate of drug-likeness (QED) is 0.734. The fourth-order valence-corrected chi connectivity index (χ4v) is 2.01. The van der Waals surface area contributed by atoms with Gasteiger partial charge in [-0.3, -0.25) is 4.79 Å². The molecule has 1 rings (SSSR count). The van der Waals surface area contributed by atoms with Gasteiger partial charge in [0.1, 0.15) is 11.7 Å². The second kappa shape index (κ2) is 7.07. The zero-order valence-electron chi connectivity index (χ0n) is 11.7. The zero-order valence-corrected chi connectivity index (χ0v) is 11.7. The third-order valence-electron chi connectivity index (χ3n) is 3.14. The largest absolute Gasteiger partial charge is 0.378 e. The fraction of sp³-hybridized carbons (Fsp3) is 0.923. The topological polar surface area (TPSA) is 73.6 Å². The first kappa shape index (κ1) is 15.4. The highest BCUT2D eigenvalue weighted by atomic mass is 16.6. The van der Waals surface area contributed by atoms with Crippen LogP contribution in [-0.4, -0.2) is 43.9 Å². The predicted octanol–water partition coefficient (Wildman–Crippen LogP) is 0.672. The lowest BCUT2D eigenvalue weighted by molar-refractivity contribution is -0.165. The van der Waals surface area contributed by atoms with Gasteiger partial charge >= 0.3 is 0 Å². The normalized spacial score (nSPS) is 26.1. The minimum atomic E-state index is -0.493. The second-order valence-electron chi connectivity index (χ2n) is 5.44. The SMILES string of the molecule is CC(C)CNC(=O)C(C)OC1(CN)CCCOC1. The number of rotatable bonds is 6. The number of hydrogen-bond acceptors (Lipinski definition) is 4. The molecule has 0 bridgehead atoms. The van der Waals surface area contributed by atoms with Crippen LogP contribution in [0.5, 0.6) is 0 Å². The third-order valence-corrected chi connectivity index (χ3v) is 3.14. The summed E-state index contributed by atoms with van der Waals surface area (Å²) in [5.41, 5.74) is 5.28. The second-order valence-corrected chi connectivity index (χ2v) is 5.44. The van der Waals surface area contributed by atoms with Crippen LogP contribution in [0.3, 0.4) is 0 Å². The minimum Gasteiger partial charge on any atom is -0.378 e. The van der Waals surface area contributed by atoms with E-state index in [4.69, 9.17) is 15.2 Å². The van der Waals surface area contributed by atoms with Gasteiger partial charge in [-0.25, -0.2) is 0 Å². The molecule has 0 aromatic heterocycles. The molecular weight excluding hydrogens is 232 g/mol. The van der Waals surface area contributed by atoms with Crippen LogP contribution < -0.4 is 11.1 Å². The van der Waals surface area contributed by atoms with E-state index in [1.807, 2.05) is 0 Å². The van der Waals surface area contributed by atoms with Gasteiger partial charge in [0.15, 0.2) is 0 Å². The van der Waals surface area contributed by atoms with E-state index in [9.17, 15) is 4.79 Å². The average molecular weight is 258 g/mol. The summed E-state index contributed by atoms with van der Waals surface area (Å²) in [6.45, 7) is 8.16. The number of ether oxygens (including phenoxy) is 2. The van der Waals surface area contributed by atoms with E-state index in [2.05, 4.69) is 19.2 Å². The van der Waals surface area contributed by atoms with Gasteiger partial charge in [0.25, 0.3) is 0 Å². The van der Waals surface area contributed by atoms with Crippen molar-refractivity contribution in [2.24, 2.45) is 11.7 Å². The van der Waals surface area contributed by atoms with Crippen molar-refractivity contribution in [3.8, 4) is 0 Å². The van der Waals surface area contributed by atoms with Gasteiger partial charge in [0.05, 0.1) is 6.61 Å². The molecule has 2 atom stereocenters. The maximum atomic E-state index is 11.9. The first-order valence-corrected chi connectivity index (χ1v) is 6.72. The Morgan fingerprint density at radius 2 is 2.22 bits per heavy atom. The Bertz CT molecular complexity index is 263. The van der Waals surface area contributed by atoms with Crippen molar-refractivity contribution in [3.05, 3.63) is 0 Å². The molecule has 0 radical (unpaired) electrons. The molecule has 2 unspecified atom stereocenters. The number of carbonyl (C=O) groups excluding carboxylic acids is 1. The molecule has 1 heterocycles. The van der Waals surface area contributed by atoms with E-state index in [-0.39, 0.29) is 5.91 Å². The van der Waals surface area contributed by atoms with Gasteiger partial charge in [0.2, 0.25) is 5.91 Å². The zero-order chi connectivity index (χ0) is 13.6. The maximum absolute atomic E-state index is 11.9. The summed E-state index contributed by atoms with van der Waals surface area (Å²) >= 11 is 0. The molecule has 0 saturated carbocycles. The molecule has 5 heteroatoms. The summed E-state index contributed by atoms with van der Waals surface area (Å²) in [5.74, 6) is 0.352. The molecule has 18 heavy (non-hydrogen) atoms. The third kappa shape index (κ3) is 4.55. The molecule has 0 aromatic rings. The number of carbonyl (C=O) groups is 1. The predicted molar refractivity (Wildman–Crippen MR) is 70.2 cm³/mol. The summed E-state index contributed by atoms with van der Waals surface area (Å²) in [6, 6.07) is 0. The van der Waals surface area contributed by atoms with Crippen molar-refractivity contribution in [3.63, 3.8) is 0 Å². The molecule has 3 N–H and O–H groups in total. The fourth-order valence-electron chi connectivity index (χ4n) is 2.01. The standard InChI is InChI=1S/C13H26N2O3/c1-10(2)7-15-12(16)11(3)18-13(8-14)5-4-6-17-9-13/h10-11H,4-9,14H2,1-3H3,(H,15,16). The molecule has 106 valence electrons. The van der Waals surface area contributed by atoms with Gasteiger partial charge in [-0.05, 0) is 25.7 Å². The Morgan fingerprint density at radius 1 is 1.50 bits per heavy atom. The van der Waals surface area contributed by atoms with E-state index < -0.39 is 11.7 Å². The van der Waals surface area contributed by atoms with Gasteiger partial charge in [0, 0.05) is 19.7 Å². The van der Waals surface area contributed by atoms with Crippen molar-refractivity contribution in [1.29, 1.82) is 0 Å². The molecule has 5 nitrogen and oxygen atoms in total. The molecule has 0 aromatic carbocycles. The van der Waals surface area contributed by atoms with Crippen LogP contribution in [0.1, 0.15) is 33.6 Å². The van der Waals surface area contributed by atoms with Crippen molar-refractivity contribution in [1.82, 2.24) is 5.32 Å². The molecule has 1 amide bonds. The number of amides is 1. The highest BCUT2D eigenvalue weighted by molar-refractivity contribution is 5.80. The highest BCUT2D eigenvalue weighted by Gasteiger charge is 2.35. The lowest BCUT2D eigenvalue weighted by atomic mass is 9.96. The number of nitrogens with two attached hydrogens (primary N) is 1. The molecule has 1 saturated heterocycles. The van der Waals surface area contributed by atoms with E-state index in [0.29, 0.717) is 25.6 Å². The molecule has 1 aliphatic rings. The monoisotopic (exact) mass is 258 g/mol. The first-order valence-electron chi connectivity index (χ1n) is 6.72. The summed E-state index contributed by atoms with van der Waals surface area (Å²) in [7, 11) is 0. The Labute approximate surface area is 109 Å². The summed E-state index contributed by atoms with van der Waals surface area (Å²) in [6.07, 6.45) is 1.29. The number of nitrogens with one attached hydrogen (secondary N) is 1. The van der Waals surface area contributed by atoms with Gasteiger partial charge in [-0.15, -0.1) is 0 Å². The van der Waals surface area contributed by atoms with Crippen LogP contribution in [0, 0.1) is 5.92 Å². The molecular formula is C13H26N2O3. The first-order chi connectivity index (χ1) is 8.49. The van der Waals surface area contributed by atoms with Gasteiger partial charge in [-0.1, -0.05) is 13.8 Å². The van der Waals surface area contributed by atoms with E-state index in [1.54, 1.807) is 6.92 Å². The highest BCUT2D eigenvalue weighted by Crippen LogP contribution is 2.24. The van der Waals surface area contributed by atoms with Crippen molar-refractivity contribution >= 4 is 5.91 Å². The minimum absolute atomic E-state index is 0.0814. The van der Waals surface area contributed by atoms with Crippen LogP contribution in [0.25, 0.3) is 0 Å². The molecule has 0 aliphatic carbocycles. The molecule has 1 fully saturated rings. The Balaban J connectivity index is 2.45. The van der Waals surface area contributed by atoms with E-state index in [0.717, 1.165) is 19.4 Å². The lowest BCUT2D eigenvalue weighted by Crippen LogP contribution is -2.52. The molecule has 0 spiro atoms. The summed E-state index contributed by atoms with van der Waals surface area (Å²) < 4.78 is 11.3. The Morgan fingerprint density at radius 3 is 2.72 bits per heavy atom. The summed E-state index contributed by atoms with van der Waals surface area (Å²) in [4.78, 5) is 11.9. The lowest BCUT2D eigenvalue weighted by Gasteiger charge is -2.37. The van der Waals surface area contributed by atoms with Crippen LogP contribution in [-0.2, 0) is 14.3 Å². The van der Waals surface area contributed by atoms with Crippen LogP contribution in [0.4, 0.5) is 0 Å². The van der Waals surface area contributed by atoms with Crippen LogP contribution in [0.2, 0.25) is 0 Å². The Kier molecular flexibility index (Phi) is 6.05. The van der Waals surface area contributed by atoms with E-state index in [1.165, 1.54) is 0 Å². The van der Waals surface area contributed by atoms with Crippen molar-refractivity contribution in [2.75, 3.05) is 26.3 Å². The van der Waals surface area contributed by atoms with Gasteiger partial charge < -0.3 is 20.5 Å². The smallest absolute Gasteiger partial charge is 0.248 e. The number of hydrogen-bond donors (Lipinski definition) is 2. The van der Waals surface area contributed by atoms with Crippen molar-refractivity contribution in [2.45, 2.75) is 45.3 Å². The summed E-state index contributed by atoms with van der Waals surface area (Å²) in [5, 5.41) is 2.87. The van der Waals surface area contributed by atoms with Crippen molar-refractivity contribution < 1.29 is 14.3 Å².